The topological polar surface area (TPSA) is 92.2 Å². The normalized spacial score (nSPS) is 12.0. The number of ether oxygens (including phenoxy) is 1. The number of rotatable bonds is 8. The van der Waals surface area contributed by atoms with Gasteiger partial charge < -0.3 is 20.5 Å². The van der Waals surface area contributed by atoms with Gasteiger partial charge in [0.15, 0.2) is 0 Å². The van der Waals surface area contributed by atoms with Crippen molar-refractivity contribution in [2.45, 2.75) is 20.3 Å². The molecule has 0 fully saturated rings. The fourth-order valence-electron chi connectivity index (χ4n) is 1.14. The summed E-state index contributed by atoms with van der Waals surface area (Å²) in [5, 5.41) is 14.9. The van der Waals surface area contributed by atoms with Gasteiger partial charge in [0.2, 0.25) is 11.9 Å². The predicted molar refractivity (Wildman–Crippen MR) is 69.9 cm³/mol. The van der Waals surface area contributed by atoms with E-state index in [4.69, 9.17) is 9.84 Å². The summed E-state index contributed by atoms with van der Waals surface area (Å²) in [6.45, 7) is 5.23. The lowest BCUT2D eigenvalue weighted by molar-refractivity contribution is 0.244. The molecule has 102 valence electrons. The lowest BCUT2D eigenvalue weighted by Crippen LogP contribution is -2.17. The Bertz CT molecular complexity index is 361. The molecule has 0 aliphatic rings. The van der Waals surface area contributed by atoms with Crippen molar-refractivity contribution in [3.8, 4) is 6.01 Å². The van der Waals surface area contributed by atoms with Gasteiger partial charge in [0.25, 0.3) is 0 Å². The molecule has 7 nitrogen and oxygen atoms in total. The maximum Gasteiger partial charge on any atom is 0.323 e. The Labute approximate surface area is 107 Å². The van der Waals surface area contributed by atoms with Gasteiger partial charge in [-0.25, -0.2) is 0 Å². The van der Waals surface area contributed by atoms with E-state index in [0.29, 0.717) is 31.1 Å². The predicted octanol–water partition coefficient (Wildman–Crippen LogP) is 0.742. The lowest BCUT2D eigenvalue weighted by Gasteiger charge is -2.11. The van der Waals surface area contributed by atoms with E-state index < -0.39 is 0 Å². The minimum Gasteiger partial charge on any atom is -0.463 e. The largest absolute Gasteiger partial charge is 0.463 e. The maximum absolute atomic E-state index is 8.95. The summed E-state index contributed by atoms with van der Waals surface area (Å²) in [4.78, 5) is 12.4. The average Bonchev–Trinajstić information content (AvgIpc) is 2.42. The Kier molecular flexibility index (Phi) is 6.13. The molecule has 1 heterocycles. The number of aliphatic hydroxyl groups is 1. The Hall–Kier alpha value is -1.63. The summed E-state index contributed by atoms with van der Waals surface area (Å²) in [7, 11) is 1.74. The van der Waals surface area contributed by atoms with Crippen LogP contribution < -0.4 is 15.4 Å². The number of anilines is 2. The number of hydrogen-bond donors (Lipinski definition) is 3. The molecule has 1 aromatic rings. The van der Waals surface area contributed by atoms with E-state index in [1.165, 1.54) is 0 Å². The Morgan fingerprint density at radius 2 is 2.00 bits per heavy atom. The lowest BCUT2D eigenvalue weighted by atomic mass is 10.2. The molecule has 0 amide bonds. The number of nitrogens with zero attached hydrogens (tertiary/aromatic N) is 3. The van der Waals surface area contributed by atoms with Gasteiger partial charge in [-0.15, -0.1) is 0 Å². The highest BCUT2D eigenvalue weighted by molar-refractivity contribution is 5.35. The van der Waals surface area contributed by atoms with E-state index in [9.17, 15) is 0 Å². The van der Waals surface area contributed by atoms with Crippen molar-refractivity contribution in [3.63, 3.8) is 0 Å². The van der Waals surface area contributed by atoms with Gasteiger partial charge in [-0.05, 0) is 12.3 Å². The van der Waals surface area contributed by atoms with Crippen molar-refractivity contribution in [2.75, 3.05) is 37.4 Å². The van der Waals surface area contributed by atoms with Crippen molar-refractivity contribution in [3.05, 3.63) is 0 Å². The van der Waals surface area contributed by atoms with E-state index in [2.05, 4.69) is 25.6 Å². The molecule has 0 spiro atoms. The van der Waals surface area contributed by atoms with Crippen LogP contribution in [0, 0.1) is 5.92 Å². The molecule has 0 saturated carbocycles. The molecule has 0 aromatic carbocycles. The minimum atomic E-state index is 0.121. The van der Waals surface area contributed by atoms with E-state index in [1.807, 2.05) is 13.8 Å². The third-order valence-electron chi connectivity index (χ3n) is 2.19. The molecule has 1 unspecified atom stereocenters. The van der Waals surface area contributed by atoms with Crippen molar-refractivity contribution < 1.29 is 9.84 Å². The summed E-state index contributed by atoms with van der Waals surface area (Å²) in [5.41, 5.74) is 0. The van der Waals surface area contributed by atoms with Crippen molar-refractivity contribution >= 4 is 11.9 Å². The van der Waals surface area contributed by atoms with Gasteiger partial charge in [0, 0.05) is 20.2 Å². The molecule has 0 radical (unpaired) electrons. The highest BCUT2D eigenvalue weighted by Crippen LogP contribution is 2.11. The summed E-state index contributed by atoms with van der Waals surface area (Å²) in [5.74, 6) is 1.04. The first kappa shape index (κ1) is 14.4. The third-order valence-corrected chi connectivity index (χ3v) is 2.19. The summed E-state index contributed by atoms with van der Waals surface area (Å²) < 4.78 is 5.38. The van der Waals surface area contributed by atoms with Crippen molar-refractivity contribution in [1.29, 1.82) is 0 Å². The van der Waals surface area contributed by atoms with Gasteiger partial charge in [-0.3, -0.25) is 0 Å². The van der Waals surface area contributed by atoms with Crippen molar-refractivity contribution in [1.82, 2.24) is 15.0 Å². The molecular formula is C11H21N5O2. The first-order valence-electron chi connectivity index (χ1n) is 6.11. The second-order valence-electron chi connectivity index (χ2n) is 4.03. The van der Waals surface area contributed by atoms with Gasteiger partial charge >= 0.3 is 6.01 Å². The molecule has 1 atom stereocenters. The molecule has 0 aliphatic carbocycles. The molecule has 18 heavy (non-hydrogen) atoms. The first-order chi connectivity index (χ1) is 8.69. The van der Waals surface area contributed by atoms with Crippen LogP contribution in [0.15, 0.2) is 0 Å². The first-order valence-corrected chi connectivity index (χ1v) is 6.11. The fourth-order valence-corrected chi connectivity index (χ4v) is 1.14. The van der Waals surface area contributed by atoms with Crippen LogP contribution >= 0.6 is 0 Å². The molecule has 0 saturated heterocycles. The van der Waals surface area contributed by atoms with Crippen LogP contribution in [0.3, 0.4) is 0 Å². The zero-order chi connectivity index (χ0) is 13.4. The quantitative estimate of drug-likeness (QED) is 0.631. The number of aliphatic hydroxyl groups excluding tert-OH is 1. The minimum absolute atomic E-state index is 0.121. The fraction of sp³-hybridized carbons (Fsp3) is 0.727. The third kappa shape index (κ3) is 4.70. The van der Waals surface area contributed by atoms with E-state index in [-0.39, 0.29) is 12.5 Å². The SMILES string of the molecule is CCCOc1nc(NC)nc(NCC(C)CO)n1. The Balaban J connectivity index is 2.70. The van der Waals surface area contributed by atoms with Gasteiger partial charge in [-0.2, -0.15) is 15.0 Å². The maximum atomic E-state index is 8.95. The summed E-state index contributed by atoms with van der Waals surface area (Å²) >= 11 is 0. The zero-order valence-electron chi connectivity index (χ0n) is 11.1. The molecule has 0 aliphatic heterocycles. The van der Waals surface area contributed by atoms with Gasteiger partial charge in [-0.1, -0.05) is 13.8 Å². The standard InChI is InChI=1S/C11H21N5O2/c1-4-5-18-11-15-9(12-3)14-10(16-11)13-6-8(2)7-17/h8,17H,4-7H2,1-3H3,(H2,12,13,14,15,16). The summed E-state index contributed by atoms with van der Waals surface area (Å²) in [6, 6.07) is 0.301. The number of aromatic nitrogens is 3. The van der Waals surface area contributed by atoms with Gasteiger partial charge in [0.1, 0.15) is 0 Å². The Morgan fingerprint density at radius 1 is 1.28 bits per heavy atom. The van der Waals surface area contributed by atoms with Crippen LogP contribution in [0.2, 0.25) is 0 Å². The van der Waals surface area contributed by atoms with E-state index in [0.717, 1.165) is 6.42 Å². The van der Waals surface area contributed by atoms with Crippen molar-refractivity contribution in [2.24, 2.45) is 5.92 Å². The second-order valence-corrected chi connectivity index (χ2v) is 4.03. The monoisotopic (exact) mass is 255 g/mol. The summed E-state index contributed by atoms with van der Waals surface area (Å²) in [6.07, 6.45) is 0.894. The highest BCUT2D eigenvalue weighted by atomic mass is 16.5. The number of nitrogens with one attached hydrogen (secondary N) is 2. The second kappa shape index (κ2) is 7.65. The molecular weight excluding hydrogens is 234 g/mol. The zero-order valence-corrected chi connectivity index (χ0v) is 11.1. The molecule has 0 bridgehead atoms. The van der Waals surface area contributed by atoms with Crippen LogP contribution in [0.25, 0.3) is 0 Å². The molecule has 3 N–H and O–H groups in total. The van der Waals surface area contributed by atoms with Crippen LogP contribution in [-0.4, -0.2) is 46.9 Å². The smallest absolute Gasteiger partial charge is 0.323 e. The van der Waals surface area contributed by atoms with E-state index >= 15 is 0 Å². The van der Waals surface area contributed by atoms with Gasteiger partial charge in [0.05, 0.1) is 6.61 Å². The number of hydrogen-bond acceptors (Lipinski definition) is 7. The Morgan fingerprint density at radius 3 is 2.61 bits per heavy atom. The molecule has 7 heteroatoms. The molecule has 1 aromatic heterocycles. The van der Waals surface area contributed by atoms with E-state index in [1.54, 1.807) is 7.05 Å². The van der Waals surface area contributed by atoms with Crippen LogP contribution in [-0.2, 0) is 0 Å². The highest BCUT2D eigenvalue weighted by Gasteiger charge is 2.07. The average molecular weight is 255 g/mol. The van der Waals surface area contributed by atoms with Crippen LogP contribution in [0.5, 0.6) is 6.01 Å². The van der Waals surface area contributed by atoms with Crippen LogP contribution in [0.1, 0.15) is 20.3 Å². The molecule has 1 rings (SSSR count). The van der Waals surface area contributed by atoms with Crippen LogP contribution in [0.4, 0.5) is 11.9 Å².